The van der Waals surface area contributed by atoms with Crippen LogP contribution in [0.5, 0.6) is 0 Å². The lowest BCUT2D eigenvalue weighted by molar-refractivity contribution is 1.10. The van der Waals surface area contributed by atoms with Crippen molar-refractivity contribution in [3.8, 4) is 6.07 Å². The van der Waals surface area contributed by atoms with Crippen molar-refractivity contribution in [2.75, 3.05) is 0 Å². The molecule has 0 amide bonds. The molecule has 0 saturated heterocycles. The molecule has 0 bridgehead atoms. The van der Waals surface area contributed by atoms with Crippen LogP contribution in [0.15, 0.2) is 6.07 Å². The van der Waals surface area contributed by atoms with Crippen LogP contribution in [0.25, 0.3) is 10.9 Å². The summed E-state index contributed by atoms with van der Waals surface area (Å²) in [4.78, 5) is 0. The molecule has 3 heteroatoms. The number of benzene rings is 1. The van der Waals surface area contributed by atoms with Gasteiger partial charge in [0.1, 0.15) is 6.07 Å². The maximum atomic E-state index is 8.88. The first kappa shape index (κ1) is 8.76. The van der Waals surface area contributed by atoms with Crippen molar-refractivity contribution in [3.05, 3.63) is 28.5 Å². The molecule has 1 N–H and O–H groups in total. The van der Waals surface area contributed by atoms with Crippen LogP contribution < -0.4 is 0 Å². The molecular formula is C11H11N3. The minimum Gasteiger partial charge on any atom is -0.276 e. The number of nitrogens with one attached hydrogen (secondary N) is 1. The summed E-state index contributed by atoms with van der Waals surface area (Å²) in [5, 5.41) is 16.7. The Labute approximate surface area is 82.4 Å². The molecule has 2 aromatic rings. The van der Waals surface area contributed by atoms with Crippen LogP contribution in [0.1, 0.15) is 22.4 Å². The number of aryl methyl sites for hydroxylation is 2. The average Bonchev–Trinajstić information content (AvgIpc) is 2.57. The lowest BCUT2D eigenvalue weighted by Gasteiger charge is -2.05. The highest BCUT2D eigenvalue weighted by Crippen LogP contribution is 2.25. The summed E-state index contributed by atoms with van der Waals surface area (Å²) in [6, 6.07) is 4.13. The Bertz CT molecular complexity index is 544. The molecule has 14 heavy (non-hydrogen) atoms. The molecule has 1 aromatic heterocycles. The Morgan fingerprint density at radius 1 is 1.29 bits per heavy atom. The summed E-state index contributed by atoms with van der Waals surface area (Å²) in [5.41, 5.74) is 5.03. The summed E-state index contributed by atoms with van der Waals surface area (Å²) in [7, 11) is 0. The first-order valence-corrected chi connectivity index (χ1v) is 4.50. The van der Waals surface area contributed by atoms with Gasteiger partial charge in [0, 0.05) is 5.39 Å². The smallest absolute Gasteiger partial charge is 0.170 e. The zero-order chi connectivity index (χ0) is 10.3. The maximum absolute atomic E-state index is 8.88. The van der Waals surface area contributed by atoms with Crippen LogP contribution in [-0.4, -0.2) is 10.2 Å². The zero-order valence-electron chi connectivity index (χ0n) is 8.47. The molecule has 0 saturated carbocycles. The third-order valence-corrected chi connectivity index (χ3v) is 2.79. The Kier molecular flexibility index (Phi) is 1.78. The molecule has 1 aromatic carbocycles. The molecule has 0 fully saturated rings. The molecule has 0 atom stereocenters. The third-order valence-electron chi connectivity index (χ3n) is 2.79. The summed E-state index contributed by atoms with van der Waals surface area (Å²) in [6.45, 7) is 6.16. The van der Waals surface area contributed by atoms with Gasteiger partial charge in [0.25, 0.3) is 0 Å². The first-order valence-electron chi connectivity index (χ1n) is 4.50. The highest BCUT2D eigenvalue weighted by Gasteiger charge is 2.10. The number of hydrogen-bond donors (Lipinski definition) is 1. The standard InChI is InChI=1S/C11H11N3/c1-6-4-9-11(8(3)7(6)2)10(5-12)14-13-9/h4H,1-3H3,(H,13,14). The predicted octanol–water partition coefficient (Wildman–Crippen LogP) is 2.36. The van der Waals surface area contributed by atoms with Crippen molar-refractivity contribution >= 4 is 10.9 Å². The van der Waals surface area contributed by atoms with Gasteiger partial charge in [0.05, 0.1) is 5.52 Å². The van der Waals surface area contributed by atoms with E-state index >= 15 is 0 Å². The van der Waals surface area contributed by atoms with E-state index in [1.54, 1.807) is 0 Å². The number of aromatic amines is 1. The lowest BCUT2D eigenvalue weighted by atomic mass is 9.99. The Morgan fingerprint density at radius 2 is 2.00 bits per heavy atom. The van der Waals surface area contributed by atoms with Crippen LogP contribution in [-0.2, 0) is 0 Å². The van der Waals surface area contributed by atoms with Crippen molar-refractivity contribution in [1.29, 1.82) is 5.26 Å². The molecule has 0 spiro atoms. The van der Waals surface area contributed by atoms with Crippen LogP contribution in [0.2, 0.25) is 0 Å². The van der Waals surface area contributed by atoms with Crippen molar-refractivity contribution in [2.45, 2.75) is 20.8 Å². The summed E-state index contributed by atoms with van der Waals surface area (Å²) < 4.78 is 0. The molecule has 2 rings (SSSR count). The largest absolute Gasteiger partial charge is 0.276 e. The summed E-state index contributed by atoms with van der Waals surface area (Å²) in [5.74, 6) is 0. The van der Waals surface area contributed by atoms with Gasteiger partial charge in [-0.3, -0.25) is 5.10 Å². The van der Waals surface area contributed by atoms with Gasteiger partial charge in [-0.25, -0.2) is 0 Å². The second-order valence-corrected chi connectivity index (χ2v) is 3.55. The number of fused-ring (bicyclic) bond motifs is 1. The monoisotopic (exact) mass is 185 g/mol. The topological polar surface area (TPSA) is 52.5 Å². The molecule has 0 aliphatic carbocycles. The highest BCUT2D eigenvalue weighted by atomic mass is 15.1. The van der Waals surface area contributed by atoms with E-state index in [2.05, 4.69) is 30.1 Å². The molecule has 0 aliphatic heterocycles. The predicted molar refractivity (Wildman–Crippen MR) is 55.0 cm³/mol. The third kappa shape index (κ3) is 1.01. The van der Waals surface area contributed by atoms with Gasteiger partial charge >= 0.3 is 0 Å². The summed E-state index contributed by atoms with van der Waals surface area (Å²) >= 11 is 0. The molecule has 0 aliphatic rings. The SMILES string of the molecule is Cc1cc2[nH]nc(C#N)c2c(C)c1C. The highest BCUT2D eigenvalue weighted by molar-refractivity contribution is 5.88. The van der Waals surface area contributed by atoms with Gasteiger partial charge in [-0.05, 0) is 43.5 Å². The number of H-pyrrole nitrogens is 1. The fourth-order valence-corrected chi connectivity index (χ4v) is 1.73. The second kappa shape index (κ2) is 2.85. The van der Waals surface area contributed by atoms with Crippen LogP contribution >= 0.6 is 0 Å². The van der Waals surface area contributed by atoms with E-state index in [1.165, 1.54) is 11.1 Å². The van der Waals surface area contributed by atoms with Gasteiger partial charge in [-0.15, -0.1) is 0 Å². The number of nitriles is 1. The van der Waals surface area contributed by atoms with Crippen LogP contribution in [0, 0.1) is 32.1 Å². The number of aromatic nitrogens is 2. The fourth-order valence-electron chi connectivity index (χ4n) is 1.73. The van der Waals surface area contributed by atoms with Gasteiger partial charge < -0.3 is 0 Å². The minimum atomic E-state index is 0.487. The number of nitrogens with zero attached hydrogens (tertiary/aromatic N) is 2. The van der Waals surface area contributed by atoms with Crippen LogP contribution in [0.3, 0.4) is 0 Å². The van der Waals surface area contributed by atoms with E-state index in [9.17, 15) is 0 Å². The van der Waals surface area contributed by atoms with Gasteiger partial charge in [-0.1, -0.05) is 0 Å². The van der Waals surface area contributed by atoms with E-state index in [0.29, 0.717) is 5.69 Å². The van der Waals surface area contributed by atoms with E-state index in [-0.39, 0.29) is 0 Å². The van der Waals surface area contributed by atoms with E-state index < -0.39 is 0 Å². The van der Waals surface area contributed by atoms with Crippen LogP contribution in [0.4, 0.5) is 0 Å². The summed E-state index contributed by atoms with van der Waals surface area (Å²) in [6.07, 6.45) is 0. The average molecular weight is 185 g/mol. The Morgan fingerprint density at radius 3 is 2.64 bits per heavy atom. The number of hydrogen-bond acceptors (Lipinski definition) is 2. The van der Waals surface area contributed by atoms with E-state index in [0.717, 1.165) is 16.5 Å². The first-order chi connectivity index (χ1) is 6.65. The molecular weight excluding hydrogens is 174 g/mol. The van der Waals surface area contributed by atoms with Gasteiger partial charge in [0.15, 0.2) is 5.69 Å². The number of rotatable bonds is 0. The molecule has 0 radical (unpaired) electrons. The van der Waals surface area contributed by atoms with Crippen molar-refractivity contribution in [1.82, 2.24) is 10.2 Å². The van der Waals surface area contributed by atoms with Gasteiger partial charge in [-0.2, -0.15) is 10.4 Å². The van der Waals surface area contributed by atoms with E-state index in [1.807, 2.05) is 13.0 Å². The van der Waals surface area contributed by atoms with Crippen molar-refractivity contribution < 1.29 is 0 Å². The Balaban J connectivity index is 2.97. The second-order valence-electron chi connectivity index (χ2n) is 3.55. The minimum absolute atomic E-state index is 0.487. The van der Waals surface area contributed by atoms with Crippen molar-refractivity contribution in [2.24, 2.45) is 0 Å². The van der Waals surface area contributed by atoms with E-state index in [4.69, 9.17) is 5.26 Å². The molecule has 1 heterocycles. The maximum Gasteiger partial charge on any atom is 0.170 e. The van der Waals surface area contributed by atoms with Gasteiger partial charge in [0.2, 0.25) is 0 Å². The zero-order valence-corrected chi connectivity index (χ0v) is 8.47. The molecule has 3 nitrogen and oxygen atoms in total. The fraction of sp³-hybridized carbons (Fsp3) is 0.273. The quantitative estimate of drug-likeness (QED) is 0.685. The molecule has 0 unspecified atom stereocenters. The molecule has 70 valence electrons. The Hall–Kier alpha value is -1.82. The normalized spacial score (nSPS) is 10.4. The van der Waals surface area contributed by atoms with Crippen molar-refractivity contribution in [3.63, 3.8) is 0 Å². The lowest BCUT2D eigenvalue weighted by Crippen LogP contribution is -1.88.